The molecule has 0 aliphatic carbocycles. The molecule has 0 unspecified atom stereocenters. The first-order valence-electron chi connectivity index (χ1n) is 19.8. The predicted octanol–water partition coefficient (Wildman–Crippen LogP) is 0.173. The van der Waals surface area contributed by atoms with Gasteiger partial charge in [0.2, 0.25) is 11.8 Å². The summed E-state index contributed by atoms with van der Waals surface area (Å²) in [6.07, 6.45) is -10.9. The van der Waals surface area contributed by atoms with Crippen LogP contribution in [-0.4, -0.2) is 177 Å². The molecule has 392 valence electrons. The molecule has 2 atom stereocenters. The molecule has 0 aromatic heterocycles. The third-order valence-electron chi connectivity index (χ3n) is 7.70. The lowest BCUT2D eigenvalue weighted by Gasteiger charge is -2.13. The number of carbonyl (C=O) groups is 9. The molecular weight excluding hydrogens is 1080 g/mol. The molecule has 2 rings (SSSR count). The molecule has 24 nitrogen and oxygen atoms in total. The van der Waals surface area contributed by atoms with E-state index in [1.54, 1.807) is 24.3 Å². The quantitative estimate of drug-likeness (QED) is 0.0307. The van der Waals surface area contributed by atoms with Crippen molar-refractivity contribution in [3.63, 3.8) is 0 Å². The third-order valence-corrected chi connectivity index (χ3v) is 8.42. The van der Waals surface area contributed by atoms with Crippen molar-refractivity contribution >= 4 is 81.7 Å². The van der Waals surface area contributed by atoms with Gasteiger partial charge in [0.1, 0.15) is 12.1 Å². The fraction of sp³-hybridized carbons (Fsp3) is 0.462. The fourth-order valence-electron chi connectivity index (χ4n) is 4.33. The number of nitrogens with one attached hydrogen (secondary N) is 5. The topological polar surface area (TPSA) is 384 Å². The van der Waals surface area contributed by atoms with Crippen LogP contribution in [0.25, 0.3) is 0 Å². The zero-order valence-corrected chi connectivity index (χ0v) is 38.6. The summed E-state index contributed by atoms with van der Waals surface area (Å²) in [5.41, 5.74) is 11.4. The molecule has 2 aromatic rings. The van der Waals surface area contributed by atoms with Gasteiger partial charge in [-0.1, -0.05) is 0 Å². The van der Waals surface area contributed by atoms with Crippen LogP contribution in [0.2, 0.25) is 0 Å². The summed E-state index contributed by atoms with van der Waals surface area (Å²) >= 11 is 2.12. The molecule has 0 fully saturated rings. The average Bonchev–Trinajstić information content (AvgIpc) is 3.27. The Morgan fingerprint density at radius 2 is 0.814 bits per heavy atom. The summed E-state index contributed by atoms with van der Waals surface area (Å²) in [6.45, 7) is 1.99. The van der Waals surface area contributed by atoms with E-state index in [4.69, 9.17) is 60.4 Å². The van der Waals surface area contributed by atoms with Crippen LogP contribution in [0.1, 0.15) is 43.9 Å². The second-order valence-electron chi connectivity index (χ2n) is 13.3. The van der Waals surface area contributed by atoms with Crippen LogP contribution in [0.15, 0.2) is 42.5 Å². The van der Waals surface area contributed by atoms with Gasteiger partial charge in [-0.25, -0.2) is 9.59 Å². The summed E-state index contributed by atoms with van der Waals surface area (Å²) in [4.78, 5) is 102. The van der Waals surface area contributed by atoms with E-state index in [9.17, 15) is 59.9 Å². The van der Waals surface area contributed by atoms with Crippen LogP contribution < -0.4 is 38.1 Å². The van der Waals surface area contributed by atoms with Gasteiger partial charge in [-0.15, -0.1) is 0 Å². The Bertz CT molecular complexity index is 1930. The summed E-state index contributed by atoms with van der Waals surface area (Å²) in [5.74, 6) is -10.5. The number of carboxylic acid groups (broad SMARTS) is 4. The number of rotatable bonds is 28. The van der Waals surface area contributed by atoms with Gasteiger partial charge in [-0.05, 0) is 65.1 Å². The standard InChI is InChI=1S/C35H48IN7O13.2C2HF3O2/c36-25-3-1-22(2-4-25)33(48)43-26-18-23(31(46)41-7-11-55-15-13-53-9-5-39-29(44)20-27(37)34(49)50)17-24(19-26)32(47)42-8-12-56-16-14-54-10-6-40-30(45)21-28(38)35(51)52;2*3-2(4,5)1(6)7/h1-4,17-19,27-28H,5-16,20-21,37-38H2,(H,39,44)(H,40,45)(H,41,46)(H,42,47)(H,43,48)(H,49,50)(H,51,52);2*(H,6,7)/t27-,28-;;/m0../s1. The number of alkyl halides is 6. The van der Waals surface area contributed by atoms with Crippen molar-refractivity contribution in [2.24, 2.45) is 11.5 Å². The molecule has 13 N–H and O–H groups in total. The molecule has 0 aliphatic rings. The number of hydrogen-bond donors (Lipinski definition) is 11. The fourth-order valence-corrected chi connectivity index (χ4v) is 4.69. The first-order valence-corrected chi connectivity index (χ1v) is 20.9. The Morgan fingerprint density at radius 3 is 1.11 bits per heavy atom. The maximum Gasteiger partial charge on any atom is 0.490 e. The largest absolute Gasteiger partial charge is 0.490 e. The second kappa shape index (κ2) is 34.1. The molecule has 0 spiro atoms. The SMILES string of the molecule is N[C@@H](CC(=O)NCCOCCOCCNC(=O)c1cc(NC(=O)c2ccc(I)cc2)cc(C(=O)NCCOCCOCCNC(=O)C[C@H](N)C(=O)O)c1)C(=O)O.O=C(O)C(F)(F)F.O=C(O)C(F)(F)F. The van der Waals surface area contributed by atoms with Crippen molar-refractivity contribution in [2.75, 3.05) is 84.4 Å². The van der Waals surface area contributed by atoms with E-state index >= 15 is 0 Å². The van der Waals surface area contributed by atoms with Crippen LogP contribution in [0.3, 0.4) is 0 Å². The Hall–Kier alpha value is -6.26. The number of ether oxygens (including phenoxy) is 4. The number of amides is 5. The first-order chi connectivity index (χ1) is 32.6. The zero-order valence-electron chi connectivity index (χ0n) is 36.5. The molecule has 70 heavy (non-hydrogen) atoms. The molecule has 0 saturated heterocycles. The van der Waals surface area contributed by atoms with Crippen molar-refractivity contribution in [3.8, 4) is 0 Å². The van der Waals surface area contributed by atoms with Crippen molar-refractivity contribution < 1.29 is 109 Å². The van der Waals surface area contributed by atoms with Gasteiger partial charge < -0.3 is 77.4 Å². The number of nitrogens with two attached hydrogens (primary N) is 2. The maximum atomic E-state index is 13.1. The zero-order chi connectivity index (χ0) is 53.5. The van der Waals surface area contributed by atoms with Crippen molar-refractivity contribution in [3.05, 3.63) is 62.7 Å². The Kier molecular flexibility index (Phi) is 31.1. The van der Waals surface area contributed by atoms with E-state index in [0.29, 0.717) is 5.56 Å². The van der Waals surface area contributed by atoms with E-state index in [-0.39, 0.29) is 109 Å². The van der Waals surface area contributed by atoms with Gasteiger partial charge in [-0.2, -0.15) is 26.3 Å². The van der Waals surface area contributed by atoms with Gasteiger partial charge in [0.25, 0.3) is 17.7 Å². The van der Waals surface area contributed by atoms with Crippen LogP contribution in [-0.2, 0) is 47.7 Å². The van der Waals surface area contributed by atoms with Gasteiger partial charge in [0, 0.05) is 52.1 Å². The molecule has 2 aromatic carbocycles. The van der Waals surface area contributed by atoms with Crippen LogP contribution >= 0.6 is 22.6 Å². The highest BCUT2D eigenvalue weighted by molar-refractivity contribution is 14.1. The van der Waals surface area contributed by atoms with Crippen LogP contribution in [0.4, 0.5) is 32.0 Å². The molecule has 31 heteroatoms. The lowest BCUT2D eigenvalue weighted by molar-refractivity contribution is -0.193. The smallest absolute Gasteiger partial charge is 0.480 e. The summed E-state index contributed by atoms with van der Waals surface area (Å²) in [5, 5.41) is 44.9. The van der Waals surface area contributed by atoms with Gasteiger partial charge in [0.15, 0.2) is 0 Å². The predicted molar refractivity (Wildman–Crippen MR) is 235 cm³/mol. The highest BCUT2D eigenvalue weighted by Gasteiger charge is 2.39. The van der Waals surface area contributed by atoms with E-state index in [1.165, 1.54) is 18.2 Å². The number of aliphatic carboxylic acids is 4. The minimum absolute atomic E-state index is 0.111. The molecule has 5 amide bonds. The van der Waals surface area contributed by atoms with Crippen LogP contribution in [0, 0.1) is 3.57 Å². The minimum atomic E-state index is -5.08. The van der Waals surface area contributed by atoms with Gasteiger partial charge in [0.05, 0.1) is 65.7 Å². The number of halogens is 7. The summed E-state index contributed by atoms with van der Waals surface area (Å²) < 4.78 is 86.0. The molecule has 0 radical (unpaired) electrons. The van der Waals surface area contributed by atoms with Gasteiger partial charge >= 0.3 is 36.2 Å². The molecular formula is C39H50F6IN7O17. The highest BCUT2D eigenvalue weighted by atomic mass is 127. The van der Waals surface area contributed by atoms with Crippen molar-refractivity contribution in [1.82, 2.24) is 21.3 Å². The Balaban J connectivity index is 0.00000294. The van der Waals surface area contributed by atoms with Crippen molar-refractivity contribution in [1.29, 1.82) is 0 Å². The number of anilines is 1. The van der Waals surface area contributed by atoms with Gasteiger partial charge in [-0.3, -0.25) is 33.6 Å². The number of carbonyl (C=O) groups excluding carboxylic acids is 5. The second-order valence-corrected chi connectivity index (χ2v) is 14.6. The number of carboxylic acids is 4. The van der Waals surface area contributed by atoms with E-state index in [0.717, 1.165) is 3.57 Å². The molecule has 0 bridgehead atoms. The molecule has 0 aliphatic heterocycles. The average molecular weight is 1130 g/mol. The van der Waals surface area contributed by atoms with E-state index < -0.39 is 77.8 Å². The lowest BCUT2D eigenvalue weighted by Crippen LogP contribution is -2.38. The van der Waals surface area contributed by atoms with E-state index in [2.05, 4.69) is 49.2 Å². The Morgan fingerprint density at radius 1 is 0.500 bits per heavy atom. The van der Waals surface area contributed by atoms with E-state index in [1.807, 2.05) is 0 Å². The highest BCUT2D eigenvalue weighted by Crippen LogP contribution is 2.18. The third kappa shape index (κ3) is 31.0. The Labute approximate surface area is 406 Å². The summed E-state index contributed by atoms with van der Waals surface area (Å²) in [7, 11) is 0. The van der Waals surface area contributed by atoms with Crippen LogP contribution in [0.5, 0.6) is 0 Å². The first kappa shape index (κ1) is 63.7. The van der Waals surface area contributed by atoms with Crippen molar-refractivity contribution in [2.45, 2.75) is 37.3 Å². The summed E-state index contributed by atoms with van der Waals surface area (Å²) in [6, 6.07) is 8.56. The lowest BCUT2D eigenvalue weighted by atomic mass is 10.1. The number of hydrogen-bond acceptors (Lipinski definition) is 15. The maximum absolute atomic E-state index is 13.1. The molecule has 0 heterocycles. The minimum Gasteiger partial charge on any atom is -0.480 e. The monoisotopic (exact) mass is 1130 g/mol. The molecule has 0 saturated carbocycles. The number of benzene rings is 2. The normalized spacial score (nSPS) is 11.7.